The van der Waals surface area contributed by atoms with Gasteiger partial charge in [-0.1, -0.05) is 11.6 Å². The number of H-pyrrole nitrogens is 1. The second kappa shape index (κ2) is 8.80. The zero-order chi connectivity index (χ0) is 22.1. The third kappa shape index (κ3) is 4.50. The van der Waals surface area contributed by atoms with Gasteiger partial charge in [0.25, 0.3) is 11.5 Å². The highest BCUT2D eigenvalue weighted by atomic mass is 35.5. The van der Waals surface area contributed by atoms with Crippen LogP contribution in [0.25, 0.3) is 10.2 Å². The maximum atomic E-state index is 12.7. The van der Waals surface area contributed by atoms with Gasteiger partial charge in [0.15, 0.2) is 0 Å². The minimum Gasteiger partial charge on any atom is -0.339 e. The van der Waals surface area contributed by atoms with Gasteiger partial charge in [0.05, 0.1) is 5.39 Å². The van der Waals surface area contributed by atoms with Gasteiger partial charge in [0.2, 0.25) is 5.91 Å². The molecule has 2 aromatic heterocycles. The lowest BCUT2D eigenvalue weighted by Crippen LogP contribution is -2.50. The summed E-state index contributed by atoms with van der Waals surface area (Å²) in [4.78, 5) is 50.3. The lowest BCUT2D eigenvalue weighted by atomic mass is 10.1. The van der Waals surface area contributed by atoms with Crippen molar-refractivity contribution in [2.45, 2.75) is 26.7 Å². The van der Waals surface area contributed by atoms with Gasteiger partial charge in [0.1, 0.15) is 10.7 Å². The summed E-state index contributed by atoms with van der Waals surface area (Å²) in [7, 11) is 0. The van der Waals surface area contributed by atoms with Gasteiger partial charge in [-0.25, -0.2) is 4.98 Å². The van der Waals surface area contributed by atoms with Crippen molar-refractivity contribution in [2.75, 3.05) is 26.2 Å². The molecule has 1 aliphatic heterocycles. The maximum Gasteiger partial charge on any atom is 0.259 e. The van der Waals surface area contributed by atoms with Gasteiger partial charge in [-0.2, -0.15) is 0 Å². The monoisotopic (exact) mass is 458 g/mol. The molecule has 9 heteroatoms. The number of aromatic amines is 1. The van der Waals surface area contributed by atoms with Gasteiger partial charge in [-0.3, -0.25) is 14.4 Å². The van der Waals surface area contributed by atoms with Gasteiger partial charge in [0, 0.05) is 54.5 Å². The van der Waals surface area contributed by atoms with E-state index in [1.807, 2.05) is 13.8 Å². The first-order valence-electron chi connectivity index (χ1n) is 10.1. The average molecular weight is 459 g/mol. The second-order valence-corrected chi connectivity index (χ2v) is 9.30. The number of carbonyl (C=O) groups is 2. The summed E-state index contributed by atoms with van der Waals surface area (Å²) in [5, 5.41) is 1.23. The number of nitrogens with one attached hydrogen (secondary N) is 1. The first-order chi connectivity index (χ1) is 14.8. The van der Waals surface area contributed by atoms with E-state index in [9.17, 15) is 14.4 Å². The number of nitrogens with zero attached hydrogens (tertiary/aromatic N) is 3. The topological polar surface area (TPSA) is 86.4 Å². The summed E-state index contributed by atoms with van der Waals surface area (Å²) >= 11 is 7.38. The predicted octanol–water partition coefficient (Wildman–Crippen LogP) is 3.17. The molecule has 31 heavy (non-hydrogen) atoms. The third-order valence-electron chi connectivity index (χ3n) is 5.67. The van der Waals surface area contributed by atoms with E-state index in [0.717, 1.165) is 15.3 Å². The molecule has 0 bridgehead atoms. The molecule has 0 unspecified atom stereocenters. The third-order valence-corrected chi connectivity index (χ3v) is 7.03. The number of aryl methyl sites for hydroxylation is 3. The Morgan fingerprint density at radius 1 is 1.10 bits per heavy atom. The van der Waals surface area contributed by atoms with Gasteiger partial charge >= 0.3 is 0 Å². The molecule has 1 fully saturated rings. The summed E-state index contributed by atoms with van der Waals surface area (Å²) in [6.07, 6.45) is 0.646. The molecule has 0 atom stereocenters. The fraction of sp³-hybridized carbons (Fsp3) is 0.364. The summed E-state index contributed by atoms with van der Waals surface area (Å²) < 4.78 is 0. The van der Waals surface area contributed by atoms with Crippen molar-refractivity contribution in [2.24, 2.45) is 0 Å². The number of carbonyl (C=O) groups excluding carboxylic acids is 2. The van der Waals surface area contributed by atoms with Crippen LogP contribution in [0.4, 0.5) is 0 Å². The molecule has 1 N–H and O–H groups in total. The molecule has 0 spiro atoms. The molecule has 0 aliphatic carbocycles. The van der Waals surface area contributed by atoms with Gasteiger partial charge < -0.3 is 14.8 Å². The van der Waals surface area contributed by atoms with Crippen molar-refractivity contribution in [1.29, 1.82) is 0 Å². The summed E-state index contributed by atoms with van der Waals surface area (Å²) in [6.45, 7) is 5.85. The van der Waals surface area contributed by atoms with Crippen molar-refractivity contribution in [3.63, 3.8) is 0 Å². The normalized spacial score (nSPS) is 14.3. The lowest BCUT2D eigenvalue weighted by molar-refractivity contribution is -0.132. The first kappa shape index (κ1) is 21.5. The van der Waals surface area contributed by atoms with Crippen LogP contribution in [-0.2, 0) is 11.2 Å². The number of hydrogen-bond donors (Lipinski definition) is 1. The van der Waals surface area contributed by atoms with E-state index in [4.69, 9.17) is 11.6 Å². The molecule has 162 valence electrons. The molecule has 1 aromatic carbocycles. The standard InChI is InChI=1S/C22H23ClN4O3S/c1-13-14(2)31-21-19(13)20(29)24-17(25-21)7-8-18(28)26-9-11-27(12-10-26)22(30)15-3-5-16(23)6-4-15/h3-6H,7-12H2,1-2H3,(H,24,25,29). The van der Waals surface area contributed by atoms with Gasteiger partial charge in [-0.05, 0) is 43.7 Å². The van der Waals surface area contributed by atoms with Crippen LogP contribution in [0.2, 0.25) is 5.02 Å². The molecule has 1 saturated heterocycles. The van der Waals surface area contributed by atoms with E-state index in [0.29, 0.717) is 54.4 Å². The van der Waals surface area contributed by atoms with Crippen LogP contribution in [-0.4, -0.2) is 57.8 Å². The van der Waals surface area contributed by atoms with Crippen LogP contribution in [0.1, 0.15) is 33.0 Å². The second-order valence-electron chi connectivity index (χ2n) is 7.66. The maximum absolute atomic E-state index is 12.7. The molecule has 1 aliphatic rings. The molecule has 0 radical (unpaired) electrons. The number of rotatable bonds is 4. The van der Waals surface area contributed by atoms with Crippen LogP contribution < -0.4 is 5.56 Å². The Morgan fingerprint density at radius 3 is 2.42 bits per heavy atom. The quantitative estimate of drug-likeness (QED) is 0.650. The smallest absolute Gasteiger partial charge is 0.259 e. The van der Waals surface area contributed by atoms with Crippen molar-refractivity contribution in [3.8, 4) is 0 Å². The number of aromatic nitrogens is 2. The van der Waals surface area contributed by atoms with Crippen LogP contribution in [0.3, 0.4) is 0 Å². The summed E-state index contributed by atoms with van der Waals surface area (Å²) in [6, 6.07) is 6.82. The minimum atomic E-state index is -0.149. The Hall–Kier alpha value is -2.71. The molecule has 3 heterocycles. The van der Waals surface area contributed by atoms with Crippen LogP contribution in [0, 0.1) is 13.8 Å². The fourth-order valence-corrected chi connectivity index (χ4v) is 4.91. The average Bonchev–Trinajstić information content (AvgIpc) is 3.06. The molecular formula is C22H23ClN4O3S. The highest BCUT2D eigenvalue weighted by Gasteiger charge is 2.25. The Bertz CT molecular complexity index is 1190. The van der Waals surface area contributed by atoms with E-state index in [2.05, 4.69) is 9.97 Å². The van der Waals surface area contributed by atoms with E-state index in [-0.39, 0.29) is 23.8 Å². The number of amides is 2. The van der Waals surface area contributed by atoms with E-state index >= 15 is 0 Å². The van der Waals surface area contributed by atoms with Crippen molar-refractivity contribution in [3.05, 3.63) is 61.5 Å². The molecule has 3 aromatic rings. The molecular weight excluding hydrogens is 436 g/mol. The van der Waals surface area contributed by atoms with Crippen molar-refractivity contribution in [1.82, 2.24) is 19.8 Å². The number of piperazine rings is 1. The predicted molar refractivity (Wildman–Crippen MR) is 122 cm³/mol. The largest absolute Gasteiger partial charge is 0.339 e. The molecule has 2 amide bonds. The number of hydrogen-bond acceptors (Lipinski definition) is 5. The number of benzene rings is 1. The van der Waals surface area contributed by atoms with E-state index in [1.165, 1.54) is 11.3 Å². The van der Waals surface area contributed by atoms with Crippen molar-refractivity contribution < 1.29 is 9.59 Å². The Balaban J connectivity index is 1.33. The van der Waals surface area contributed by atoms with E-state index < -0.39 is 0 Å². The summed E-state index contributed by atoms with van der Waals surface area (Å²) in [5.74, 6) is 0.476. The van der Waals surface area contributed by atoms with Crippen LogP contribution >= 0.6 is 22.9 Å². The van der Waals surface area contributed by atoms with Crippen LogP contribution in [0.5, 0.6) is 0 Å². The molecule has 0 saturated carbocycles. The van der Waals surface area contributed by atoms with Crippen molar-refractivity contribution >= 4 is 45.0 Å². The summed E-state index contributed by atoms with van der Waals surface area (Å²) in [5.41, 5.74) is 1.40. The van der Waals surface area contributed by atoms with E-state index in [1.54, 1.807) is 34.1 Å². The molecule has 4 rings (SSSR count). The Labute approximate surface area is 188 Å². The number of thiophene rings is 1. The number of halogens is 1. The zero-order valence-corrected chi connectivity index (χ0v) is 19.0. The Kier molecular flexibility index (Phi) is 6.11. The fourth-order valence-electron chi connectivity index (χ4n) is 3.74. The molecule has 7 nitrogen and oxygen atoms in total. The Morgan fingerprint density at radius 2 is 1.74 bits per heavy atom. The lowest BCUT2D eigenvalue weighted by Gasteiger charge is -2.35. The highest BCUT2D eigenvalue weighted by Crippen LogP contribution is 2.25. The van der Waals surface area contributed by atoms with Crippen LogP contribution in [0.15, 0.2) is 29.1 Å². The first-order valence-corrected chi connectivity index (χ1v) is 11.3. The number of fused-ring (bicyclic) bond motifs is 1. The minimum absolute atomic E-state index is 0.000112. The highest BCUT2D eigenvalue weighted by molar-refractivity contribution is 7.18. The SMILES string of the molecule is Cc1sc2nc(CCC(=O)N3CCN(C(=O)c4ccc(Cl)cc4)CC3)[nH]c(=O)c2c1C. The van der Waals surface area contributed by atoms with Gasteiger partial charge in [-0.15, -0.1) is 11.3 Å². The zero-order valence-electron chi connectivity index (χ0n) is 17.4.